The fraction of sp³-hybridized carbons (Fsp3) is 0.222. The molecule has 0 unspecified atom stereocenters. The van der Waals surface area contributed by atoms with E-state index in [0.29, 0.717) is 0 Å². The molecule has 2 aromatic carbocycles. The summed E-state index contributed by atoms with van der Waals surface area (Å²) in [6, 6.07) is 15.7. The van der Waals surface area contributed by atoms with Crippen molar-refractivity contribution in [3.8, 4) is 5.69 Å². The van der Waals surface area contributed by atoms with Gasteiger partial charge in [0.05, 0.1) is 11.1 Å². The van der Waals surface area contributed by atoms with Crippen LogP contribution in [0.15, 0.2) is 54.9 Å². The van der Waals surface area contributed by atoms with Crippen LogP contribution < -0.4 is 5.32 Å². The number of nitrogens with one attached hydrogen (secondary N) is 1. The first-order chi connectivity index (χ1) is 11.7. The molecule has 3 aromatic rings. The zero-order chi connectivity index (χ0) is 16.6. The number of aryl methyl sites for hydroxylation is 1. The van der Waals surface area contributed by atoms with Gasteiger partial charge in [-0.05, 0) is 59.5 Å². The Labute approximate surface area is 139 Å². The lowest BCUT2D eigenvalue weighted by molar-refractivity contribution is -0.118. The standard InChI is InChI=1S/C18H17N5O/c1-13-11-15(7-8-16(13)23-12-19-21-22-23)20-17(24)18(9-10-18)14-5-3-2-4-6-14/h2-8,11-12H,9-10H2,1H3,(H,20,24). The Hall–Kier alpha value is -3.02. The molecule has 1 aliphatic carbocycles. The van der Waals surface area contributed by atoms with Crippen LogP contribution in [0.25, 0.3) is 5.69 Å². The number of rotatable bonds is 4. The highest BCUT2D eigenvalue weighted by molar-refractivity contribution is 6.01. The number of tetrazole rings is 1. The van der Waals surface area contributed by atoms with Gasteiger partial charge in [0, 0.05) is 5.69 Å². The Kier molecular flexibility index (Phi) is 3.37. The number of carbonyl (C=O) groups is 1. The smallest absolute Gasteiger partial charge is 0.235 e. The molecule has 0 bridgehead atoms. The third kappa shape index (κ3) is 2.46. The van der Waals surface area contributed by atoms with Crippen molar-refractivity contribution < 1.29 is 4.79 Å². The Morgan fingerprint density at radius 1 is 1.17 bits per heavy atom. The minimum absolute atomic E-state index is 0.0586. The van der Waals surface area contributed by atoms with Gasteiger partial charge in [-0.15, -0.1) is 5.10 Å². The van der Waals surface area contributed by atoms with Crippen LogP contribution in [0.1, 0.15) is 24.0 Å². The fourth-order valence-corrected chi connectivity index (χ4v) is 3.04. The van der Waals surface area contributed by atoms with Gasteiger partial charge in [0.2, 0.25) is 5.91 Å². The second-order valence-corrected chi connectivity index (χ2v) is 6.16. The Morgan fingerprint density at radius 2 is 1.96 bits per heavy atom. The van der Waals surface area contributed by atoms with E-state index in [1.807, 2.05) is 55.5 Å². The minimum atomic E-state index is -0.371. The summed E-state index contributed by atoms with van der Waals surface area (Å²) >= 11 is 0. The summed E-state index contributed by atoms with van der Waals surface area (Å²) in [6.07, 6.45) is 3.34. The lowest BCUT2D eigenvalue weighted by atomic mass is 9.95. The van der Waals surface area contributed by atoms with Crippen molar-refractivity contribution in [3.05, 3.63) is 66.0 Å². The summed E-state index contributed by atoms with van der Waals surface area (Å²) in [5, 5.41) is 14.2. The minimum Gasteiger partial charge on any atom is -0.325 e. The van der Waals surface area contributed by atoms with Crippen molar-refractivity contribution in [2.45, 2.75) is 25.2 Å². The average Bonchev–Trinajstić information content (AvgIpc) is 3.25. The molecule has 1 amide bonds. The highest BCUT2D eigenvalue weighted by Crippen LogP contribution is 2.48. The highest BCUT2D eigenvalue weighted by Gasteiger charge is 2.51. The van der Waals surface area contributed by atoms with Gasteiger partial charge >= 0.3 is 0 Å². The molecular weight excluding hydrogens is 302 g/mol. The molecule has 1 saturated carbocycles. The van der Waals surface area contributed by atoms with Gasteiger partial charge in [-0.3, -0.25) is 4.79 Å². The van der Waals surface area contributed by atoms with Crippen LogP contribution in [0.5, 0.6) is 0 Å². The van der Waals surface area contributed by atoms with Crippen LogP contribution in [0, 0.1) is 6.92 Å². The van der Waals surface area contributed by atoms with Gasteiger partial charge in [-0.25, -0.2) is 4.68 Å². The molecule has 0 radical (unpaired) electrons. The van der Waals surface area contributed by atoms with Crippen molar-refractivity contribution in [2.75, 3.05) is 5.32 Å². The predicted octanol–water partition coefficient (Wildman–Crippen LogP) is 2.64. The first kappa shape index (κ1) is 14.6. The van der Waals surface area contributed by atoms with Crippen LogP contribution in [0.4, 0.5) is 5.69 Å². The normalized spacial score (nSPS) is 15.0. The van der Waals surface area contributed by atoms with Crippen LogP contribution in [0.3, 0.4) is 0 Å². The van der Waals surface area contributed by atoms with Gasteiger partial charge in [-0.1, -0.05) is 30.3 Å². The van der Waals surface area contributed by atoms with Crippen molar-refractivity contribution >= 4 is 11.6 Å². The monoisotopic (exact) mass is 319 g/mol. The topological polar surface area (TPSA) is 72.7 Å². The third-order valence-corrected chi connectivity index (χ3v) is 4.56. The molecule has 0 saturated heterocycles. The number of amides is 1. The molecule has 1 aliphatic rings. The molecule has 1 heterocycles. The van der Waals surface area contributed by atoms with E-state index >= 15 is 0 Å². The summed E-state index contributed by atoms with van der Waals surface area (Å²) in [6.45, 7) is 1.97. The summed E-state index contributed by atoms with van der Waals surface area (Å²) in [4.78, 5) is 12.8. The number of benzene rings is 2. The number of hydrogen-bond donors (Lipinski definition) is 1. The van der Waals surface area contributed by atoms with E-state index in [1.54, 1.807) is 11.0 Å². The first-order valence-corrected chi connectivity index (χ1v) is 7.90. The molecule has 1 N–H and O–H groups in total. The summed E-state index contributed by atoms with van der Waals surface area (Å²) in [5.41, 5.74) is 3.39. The van der Waals surface area contributed by atoms with E-state index in [2.05, 4.69) is 20.8 Å². The lowest BCUT2D eigenvalue weighted by Crippen LogP contribution is -2.27. The van der Waals surface area contributed by atoms with Crippen molar-refractivity contribution in [2.24, 2.45) is 0 Å². The Balaban J connectivity index is 1.56. The molecule has 0 aliphatic heterocycles. The maximum atomic E-state index is 12.8. The van der Waals surface area contributed by atoms with Crippen LogP contribution >= 0.6 is 0 Å². The SMILES string of the molecule is Cc1cc(NC(=O)C2(c3ccccc3)CC2)ccc1-n1cnnn1. The van der Waals surface area contributed by atoms with E-state index < -0.39 is 0 Å². The molecule has 6 nitrogen and oxygen atoms in total. The van der Waals surface area contributed by atoms with E-state index in [4.69, 9.17) is 0 Å². The van der Waals surface area contributed by atoms with E-state index in [0.717, 1.165) is 35.3 Å². The van der Waals surface area contributed by atoms with Crippen LogP contribution in [0.2, 0.25) is 0 Å². The number of anilines is 1. The van der Waals surface area contributed by atoms with Crippen molar-refractivity contribution in [3.63, 3.8) is 0 Å². The average molecular weight is 319 g/mol. The number of aromatic nitrogens is 4. The van der Waals surface area contributed by atoms with E-state index in [-0.39, 0.29) is 11.3 Å². The number of carbonyl (C=O) groups excluding carboxylic acids is 1. The summed E-state index contributed by atoms with van der Waals surface area (Å²) < 4.78 is 1.60. The molecule has 6 heteroatoms. The molecule has 1 fully saturated rings. The largest absolute Gasteiger partial charge is 0.325 e. The maximum Gasteiger partial charge on any atom is 0.235 e. The van der Waals surface area contributed by atoms with Gasteiger partial charge in [-0.2, -0.15) is 0 Å². The second-order valence-electron chi connectivity index (χ2n) is 6.16. The number of hydrogen-bond acceptors (Lipinski definition) is 4. The lowest BCUT2D eigenvalue weighted by Gasteiger charge is -2.16. The van der Waals surface area contributed by atoms with E-state index in [1.165, 1.54) is 0 Å². The Morgan fingerprint density at radius 3 is 2.58 bits per heavy atom. The van der Waals surface area contributed by atoms with Gasteiger partial charge in [0.1, 0.15) is 6.33 Å². The molecule has 0 spiro atoms. The van der Waals surface area contributed by atoms with Crippen LogP contribution in [-0.4, -0.2) is 26.1 Å². The summed E-state index contributed by atoms with van der Waals surface area (Å²) in [5.74, 6) is 0.0586. The van der Waals surface area contributed by atoms with Crippen molar-refractivity contribution in [1.82, 2.24) is 20.2 Å². The second kappa shape index (κ2) is 5.56. The maximum absolute atomic E-state index is 12.8. The third-order valence-electron chi connectivity index (χ3n) is 4.56. The molecule has 1 aromatic heterocycles. The molecule has 120 valence electrons. The van der Waals surface area contributed by atoms with Gasteiger partial charge < -0.3 is 5.32 Å². The van der Waals surface area contributed by atoms with Crippen molar-refractivity contribution in [1.29, 1.82) is 0 Å². The van der Waals surface area contributed by atoms with E-state index in [9.17, 15) is 4.79 Å². The molecule has 0 atom stereocenters. The first-order valence-electron chi connectivity index (χ1n) is 7.90. The quantitative estimate of drug-likeness (QED) is 0.802. The predicted molar refractivity (Wildman–Crippen MR) is 89.9 cm³/mol. The zero-order valence-electron chi connectivity index (χ0n) is 13.3. The fourth-order valence-electron chi connectivity index (χ4n) is 3.04. The molecule has 4 rings (SSSR count). The van der Waals surface area contributed by atoms with Crippen LogP contribution in [-0.2, 0) is 10.2 Å². The van der Waals surface area contributed by atoms with Gasteiger partial charge in [0.15, 0.2) is 0 Å². The molecule has 24 heavy (non-hydrogen) atoms. The Bertz CT molecular complexity index is 870. The highest BCUT2D eigenvalue weighted by atomic mass is 16.2. The molecular formula is C18H17N5O. The van der Waals surface area contributed by atoms with Gasteiger partial charge in [0.25, 0.3) is 0 Å². The summed E-state index contributed by atoms with van der Waals surface area (Å²) in [7, 11) is 0. The number of nitrogens with zero attached hydrogens (tertiary/aromatic N) is 4. The zero-order valence-corrected chi connectivity index (χ0v) is 13.3.